The van der Waals surface area contributed by atoms with Gasteiger partial charge in [0, 0.05) is 29.4 Å². The summed E-state index contributed by atoms with van der Waals surface area (Å²) in [5, 5.41) is 16.0. The van der Waals surface area contributed by atoms with Crippen LogP contribution in [0, 0.1) is 0 Å². The molecular formula is C21H21N5O2. The Kier molecular flexibility index (Phi) is 4.00. The summed E-state index contributed by atoms with van der Waals surface area (Å²) in [5.74, 6) is 3.00. The minimum atomic E-state index is 0.650. The molecule has 0 spiro atoms. The zero-order valence-corrected chi connectivity index (χ0v) is 15.9. The van der Waals surface area contributed by atoms with Crippen LogP contribution in [0.5, 0.6) is 11.5 Å². The van der Waals surface area contributed by atoms with Gasteiger partial charge in [-0.2, -0.15) is 4.52 Å². The average Bonchev–Trinajstić information content (AvgIpc) is 3.42. The molecule has 1 fully saturated rings. The zero-order valence-electron chi connectivity index (χ0n) is 15.9. The second-order valence-corrected chi connectivity index (χ2v) is 6.89. The zero-order chi connectivity index (χ0) is 19.1. The standard InChI is InChI=1S/C21H21N5O2/c1-27-17-10-9-14(13-18(17)28-2)19-22-23-20-15-7-3-4-8-16(15)21(24-26(19)20)25-11-5-6-12-25/h3-4,7-10,13H,5-6,11-12H2,1-2H3. The Morgan fingerprint density at radius 2 is 1.61 bits per heavy atom. The molecule has 1 aliphatic rings. The van der Waals surface area contributed by atoms with E-state index in [1.807, 2.05) is 34.8 Å². The van der Waals surface area contributed by atoms with Crippen molar-refractivity contribution in [1.82, 2.24) is 19.8 Å². The molecule has 1 aliphatic heterocycles. The van der Waals surface area contributed by atoms with Crippen LogP contribution in [0.4, 0.5) is 5.82 Å². The van der Waals surface area contributed by atoms with E-state index < -0.39 is 0 Å². The molecule has 0 amide bonds. The van der Waals surface area contributed by atoms with E-state index in [0.717, 1.165) is 40.9 Å². The number of nitrogens with zero attached hydrogens (tertiary/aromatic N) is 5. The average molecular weight is 375 g/mol. The molecule has 2 aromatic heterocycles. The number of methoxy groups -OCH3 is 2. The van der Waals surface area contributed by atoms with Gasteiger partial charge < -0.3 is 14.4 Å². The Bertz CT molecular complexity index is 1160. The number of aromatic nitrogens is 4. The summed E-state index contributed by atoms with van der Waals surface area (Å²) in [6.45, 7) is 2.05. The highest BCUT2D eigenvalue weighted by atomic mass is 16.5. The second kappa shape index (κ2) is 6.67. The molecule has 0 radical (unpaired) electrons. The fourth-order valence-corrected chi connectivity index (χ4v) is 3.88. The molecule has 0 unspecified atom stereocenters. The van der Waals surface area contributed by atoms with Gasteiger partial charge in [0.2, 0.25) is 0 Å². The first kappa shape index (κ1) is 16.8. The highest BCUT2D eigenvalue weighted by molar-refractivity contribution is 6.00. The van der Waals surface area contributed by atoms with Crippen molar-refractivity contribution < 1.29 is 9.47 Å². The first-order chi connectivity index (χ1) is 13.8. The second-order valence-electron chi connectivity index (χ2n) is 6.89. The number of fused-ring (bicyclic) bond motifs is 3. The van der Waals surface area contributed by atoms with Crippen LogP contribution in [0.2, 0.25) is 0 Å². The van der Waals surface area contributed by atoms with E-state index in [9.17, 15) is 0 Å². The molecule has 3 heterocycles. The summed E-state index contributed by atoms with van der Waals surface area (Å²) in [4.78, 5) is 2.35. The van der Waals surface area contributed by atoms with Crippen LogP contribution in [0.25, 0.3) is 27.8 Å². The van der Waals surface area contributed by atoms with Crippen molar-refractivity contribution in [3.8, 4) is 22.9 Å². The van der Waals surface area contributed by atoms with Crippen LogP contribution in [-0.4, -0.2) is 47.1 Å². The van der Waals surface area contributed by atoms with E-state index in [0.29, 0.717) is 17.3 Å². The molecule has 4 aromatic rings. The Morgan fingerprint density at radius 3 is 2.36 bits per heavy atom. The fraction of sp³-hybridized carbons (Fsp3) is 0.286. The molecule has 142 valence electrons. The maximum Gasteiger partial charge on any atom is 0.186 e. The third kappa shape index (κ3) is 2.54. The van der Waals surface area contributed by atoms with E-state index in [1.54, 1.807) is 14.2 Å². The summed E-state index contributed by atoms with van der Waals surface area (Å²) in [6, 6.07) is 14.0. The van der Waals surface area contributed by atoms with Crippen LogP contribution < -0.4 is 14.4 Å². The van der Waals surface area contributed by atoms with Gasteiger partial charge in [-0.1, -0.05) is 24.3 Å². The van der Waals surface area contributed by atoms with Crippen molar-refractivity contribution in [3.05, 3.63) is 42.5 Å². The lowest BCUT2D eigenvalue weighted by atomic mass is 10.1. The van der Waals surface area contributed by atoms with Crippen molar-refractivity contribution in [3.63, 3.8) is 0 Å². The largest absolute Gasteiger partial charge is 0.493 e. The van der Waals surface area contributed by atoms with E-state index >= 15 is 0 Å². The quantitative estimate of drug-likeness (QED) is 0.543. The molecular weight excluding hydrogens is 354 g/mol. The number of benzene rings is 2. The number of hydrogen-bond donors (Lipinski definition) is 0. The third-order valence-electron chi connectivity index (χ3n) is 5.29. The lowest BCUT2D eigenvalue weighted by Gasteiger charge is -2.19. The smallest absolute Gasteiger partial charge is 0.186 e. The van der Waals surface area contributed by atoms with Gasteiger partial charge in [0.25, 0.3) is 0 Å². The molecule has 1 saturated heterocycles. The van der Waals surface area contributed by atoms with Gasteiger partial charge in [-0.3, -0.25) is 0 Å². The van der Waals surface area contributed by atoms with Crippen molar-refractivity contribution in [2.75, 3.05) is 32.2 Å². The lowest BCUT2D eigenvalue weighted by molar-refractivity contribution is 0.355. The highest BCUT2D eigenvalue weighted by Gasteiger charge is 2.21. The first-order valence-electron chi connectivity index (χ1n) is 9.41. The van der Waals surface area contributed by atoms with Crippen LogP contribution in [0.3, 0.4) is 0 Å². The van der Waals surface area contributed by atoms with Crippen LogP contribution in [0.15, 0.2) is 42.5 Å². The summed E-state index contributed by atoms with van der Waals surface area (Å²) >= 11 is 0. The van der Waals surface area contributed by atoms with Crippen molar-refractivity contribution in [2.45, 2.75) is 12.8 Å². The van der Waals surface area contributed by atoms with Crippen molar-refractivity contribution in [2.24, 2.45) is 0 Å². The molecule has 0 bridgehead atoms. The summed E-state index contributed by atoms with van der Waals surface area (Å²) in [5.41, 5.74) is 1.63. The van der Waals surface area contributed by atoms with Crippen molar-refractivity contribution in [1.29, 1.82) is 0 Å². The monoisotopic (exact) mass is 375 g/mol. The topological polar surface area (TPSA) is 64.8 Å². The molecule has 5 rings (SSSR count). The van der Waals surface area contributed by atoms with E-state index in [1.165, 1.54) is 12.8 Å². The van der Waals surface area contributed by atoms with E-state index in [-0.39, 0.29) is 0 Å². The van der Waals surface area contributed by atoms with Gasteiger partial charge in [-0.25, -0.2) is 0 Å². The van der Waals surface area contributed by atoms with Gasteiger partial charge in [0.1, 0.15) is 0 Å². The minimum Gasteiger partial charge on any atom is -0.493 e. The SMILES string of the molecule is COc1ccc(-c2nnc3c4ccccc4c(N4CCCC4)nn23)cc1OC. The Labute approximate surface area is 162 Å². The summed E-state index contributed by atoms with van der Waals surface area (Å²) < 4.78 is 12.6. The third-order valence-corrected chi connectivity index (χ3v) is 5.29. The maximum atomic E-state index is 5.45. The predicted molar refractivity (Wildman–Crippen MR) is 108 cm³/mol. The van der Waals surface area contributed by atoms with Crippen LogP contribution in [-0.2, 0) is 0 Å². The summed E-state index contributed by atoms with van der Waals surface area (Å²) in [6.07, 6.45) is 2.39. The van der Waals surface area contributed by atoms with E-state index in [2.05, 4.69) is 27.2 Å². The van der Waals surface area contributed by atoms with Crippen LogP contribution >= 0.6 is 0 Å². The van der Waals surface area contributed by atoms with Gasteiger partial charge in [-0.05, 0) is 31.0 Å². The molecule has 7 heteroatoms. The molecule has 0 N–H and O–H groups in total. The first-order valence-corrected chi connectivity index (χ1v) is 9.41. The Hall–Kier alpha value is -3.35. The van der Waals surface area contributed by atoms with Gasteiger partial charge >= 0.3 is 0 Å². The van der Waals surface area contributed by atoms with Gasteiger partial charge in [-0.15, -0.1) is 15.3 Å². The van der Waals surface area contributed by atoms with E-state index in [4.69, 9.17) is 14.6 Å². The molecule has 0 saturated carbocycles. The fourth-order valence-electron chi connectivity index (χ4n) is 3.88. The number of anilines is 1. The van der Waals surface area contributed by atoms with Gasteiger partial charge in [0.05, 0.1) is 14.2 Å². The molecule has 0 atom stereocenters. The molecule has 0 aliphatic carbocycles. The predicted octanol–water partition coefficient (Wildman–Crippen LogP) is 3.56. The molecule has 2 aromatic carbocycles. The number of rotatable bonds is 4. The Balaban J connectivity index is 1.75. The Morgan fingerprint density at radius 1 is 0.857 bits per heavy atom. The highest BCUT2D eigenvalue weighted by Crippen LogP contribution is 2.34. The number of ether oxygens (including phenoxy) is 2. The van der Waals surface area contributed by atoms with Crippen LogP contribution in [0.1, 0.15) is 12.8 Å². The summed E-state index contributed by atoms with van der Waals surface area (Å²) in [7, 11) is 3.25. The minimum absolute atomic E-state index is 0.650. The van der Waals surface area contributed by atoms with Gasteiger partial charge in [0.15, 0.2) is 28.8 Å². The molecule has 7 nitrogen and oxygen atoms in total. The lowest BCUT2D eigenvalue weighted by Crippen LogP contribution is -2.20. The molecule has 28 heavy (non-hydrogen) atoms. The maximum absolute atomic E-state index is 5.45. The normalized spacial score (nSPS) is 14.1. The van der Waals surface area contributed by atoms with Crippen molar-refractivity contribution >= 4 is 22.2 Å². The number of hydrogen-bond acceptors (Lipinski definition) is 6.